The zero-order valence-electron chi connectivity index (χ0n) is 13.3. The number of hydrogen-bond acceptors (Lipinski definition) is 0. The second kappa shape index (κ2) is 5.86. The van der Waals surface area contributed by atoms with Crippen molar-refractivity contribution in [3.8, 4) is 0 Å². The van der Waals surface area contributed by atoms with Gasteiger partial charge in [0, 0.05) is 5.19 Å². The molecule has 2 rings (SSSR count). The monoisotopic (exact) mass is 360 g/mol. The second-order valence-electron chi connectivity index (χ2n) is 6.56. The molecule has 0 saturated heterocycles. The molecule has 0 nitrogen and oxygen atoms in total. The Morgan fingerprint density at radius 3 is 1.39 bits per heavy atom. The molecule has 124 valence electrons. The molecule has 0 bridgehead atoms. The van der Waals surface area contributed by atoms with Gasteiger partial charge in [-0.15, -0.1) is 0 Å². The largest absolute Gasteiger partial charge is 0.204 e. The number of rotatable bonds is 3. The smallest absolute Gasteiger partial charge is 0.200 e. The van der Waals surface area contributed by atoms with Crippen LogP contribution < -0.4 is 10.4 Å². The molecule has 0 N–H and O–H groups in total. The van der Waals surface area contributed by atoms with E-state index in [1.165, 1.54) is 0 Å². The van der Waals surface area contributed by atoms with E-state index < -0.39 is 49.5 Å². The molecule has 0 heterocycles. The van der Waals surface area contributed by atoms with Gasteiger partial charge in [-0.2, -0.15) is 0 Å². The third kappa shape index (κ3) is 2.65. The van der Waals surface area contributed by atoms with Crippen LogP contribution >= 0.6 is 0 Å². The highest BCUT2D eigenvalue weighted by molar-refractivity contribution is 7.50. The molecule has 2 aromatic carbocycles. The van der Waals surface area contributed by atoms with Crippen molar-refractivity contribution in [2.24, 2.45) is 0 Å². The summed E-state index contributed by atoms with van der Waals surface area (Å²) in [6.07, 6.45) is 0. The lowest BCUT2D eigenvalue weighted by Gasteiger charge is -2.39. The van der Waals surface area contributed by atoms with E-state index in [1.54, 1.807) is 13.1 Å². The number of hydrogen-bond donors (Lipinski definition) is 0. The average molecular weight is 360 g/mol. The molecule has 0 radical (unpaired) electrons. The van der Waals surface area contributed by atoms with Gasteiger partial charge >= 0.3 is 0 Å². The van der Waals surface area contributed by atoms with E-state index in [-0.39, 0.29) is 0 Å². The van der Waals surface area contributed by atoms with Gasteiger partial charge in [0.15, 0.2) is 23.3 Å². The number of benzene rings is 2. The van der Waals surface area contributed by atoms with Crippen LogP contribution in [-0.4, -0.2) is 15.2 Å². The first kappa shape index (κ1) is 17.9. The van der Waals surface area contributed by atoms with Crippen molar-refractivity contribution >= 4 is 25.6 Å². The molecule has 0 fully saturated rings. The van der Waals surface area contributed by atoms with Crippen molar-refractivity contribution in [1.82, 2.24) is 0 Å². The van der Waals surface area contributed by atoms with Crippen molar-refractivity contribution in [2.45, 2.75) is 26.2 Å². The van der Waals surface area contributed by atoms with Crippen molar-refractivity contribution in [3.05, 3.63) is 59.4 Å². The lowest BCUT2D eigenvalue weighted by Crippen LogP contribution is -2.70. The van der Waals surface area contributed by atoms with E-state index in [0.717, 1.165) is 5.19 Å². The standard InChI is InChI=1S/C16H17F5Si2/c1-22(2,10-8-6-5-7-9-10)23(3,4)16-14(20)12(18)11(17)13(19)15(16)21/h5-9H,1-4H3. The Hall–Kier alpha value is -1.48. The molecule has 7 heteroatoms. The molecule has 0 aliphatic heterocycles. The maximum Gasteiger partial charge on any atom is 0.200 e. The SMILES string of the molecule is C[Si](C)(c1ccccc1)[Si](C)(C)c1c(F)c(F)c(F)c(F)c1F. The van der Waals surface area contributed by atoms with Crippen LogP contribution in [0.25, 0.3) is 0 Å². The zero-order chi connectivity index (χ0) is 17.6. The van der Waals surface area contributed by atoms with E-state index in [4.69, 9.17) is 0 Å². The minimum absolute atomic E-state index is 0.602. The van der Waals surface area contributed by atoms with Gasteiger partial charge in [0.05, 0.1) is 15.2 Å². The maximum atomic E-state index is 14.3. The van der Waals surface area contributed by atoms with Gasteiger partial charge in [0.1, 0.15) is 0 Å². The lowest BCUT2D eigenvalue weighted by molar-refractivity contribution is 0.384. The Kier molecular flexibility index (Phi) is 4.56. The summed E-state index contributed by atoms with van der Waals surface area (Å²) in [4.78, 5) is 0. The van der Waals surface area contributed by atoms with Gasteiger partial charge in [-0.1, -0.05) is 61.7 Å². The predicted molar refractivity (Wildman–Crippen MR) is 86.9 cm³/mol. The normalized spacial score (nSPS) is 12.6. The molecule has 0 aliphatic rings. The molecule has 0 spiro atoms. The van der Waals surface area contributed by atoms with Crippen LogP contribution in [0.3, 0.4) is 0 Å². The fourth-order valence-corrected chi connectivity index (χ4v) is 11.6. The van der Waals surface area contributed by atoms with Crippen molar-refractivity contribution in [1.29, 1.82) is 0 Å². The van der Waals surface area contributed by atoms with Gasteiger partial charge in [0.2, 0.25) is 5.82 Å². The Balaban J connectivity index is 2.75. The first-order valence-corrected chi connectivity index (χ1v) is 14.1. The summed E-state index contributed by atoms with van der Waals surface area (Å²) < 4.78 is 69.1. The third-order valence-corrected chi connectivity index (χ3v) is 22.5. The Labute approximate surface area is 133 Å². The maximum absolute atomic E-state index is 14.3. The third-order valence-electron chi connectivity index (χ3n) is 4.89. The highest BCUT2D eigenvalue weighted by Gasteiger charge is 2.48. The fourth-order valence-electron chi connectivity index (χ4n) is 2.68. The molecular formula is C16H17F5Si2. The van der Waals surface area contributed by atoms with Gasteiger partial charge in [0.25, 0.3) is 0 Å². The Morgan fingerprint density at radius 1 is 0.565 bits per heavy atom. The molecular weight excluding hydrogens is 343 g/mol. The van der Waals surface area contributed by atoms with Gasteiger partial charge in [-0.05, 0) is 0 Å². The minimum Gasteiger partial charge on any atom is -0.204 e. The van der Waals surface area contributed by atoms with Crippen LogP contribution in [0.1, 0.15) is 0 Å². The summed E-state index contributed by atoms with van der Waals surface area (Å²) in [5.74, 6) is -9.20. The zero-order valence-corrected chi connectivity index (χ0v) is 15.3. The minimum atomic E-state index is -2.98. The molecule has 2 aromatic rings. The van der Waals surface area contributed by atoms with Crippen LogP contribution in [-0.2, 0) is 0 Å². The first-order chi connectivity index (χ1) is 10.5. The number of halogens is 5. The molecule has 0 aliphatic carbocycles. The van der Waals surface area contributed by atoms with Crippen molar-refractivity contribution in [2.75, 3.05) is 0 Å². The molecule has 0 aromatic heterocycles. The summed E-state index contributed by atoms with van der Waals surface area (Å²) in [7, 11) is -5.45. The van der Waals surface area contributed by atoms with Crippen molar-refractivity contribution < 1.29 is 22.0 Å². The summed E-state index contributed by atoms with van der Waals surface area (Å²) in [5, 5.41) is 0.329. The van der Waals surface area contributed by atoms with Crippen LogP contribution in [0.4, 0.5) is 22.0 Å². The second-order valence-corrected chi connectivity index (χ2v) is 21.6. The van der Waals surface area contributed by atoms with Gasteiger partial charge in [-0.25, -0.2) is 22.0 Å². The molecule has 0 unspecified atom stereocenters. The fraction of sp³-hybridized carbons (Fsp3) is 0.250. The van der Waals surface area contributed by atoms with Crippen LogP contribution in [0.2, 0.25) is 26.2 Å². The molecule has 0 atom stereocenters. The van der Waals surface area contributed by atoms with E-state index in [1.807, 2.05) is 43.4 Å². The van der Waals surface area contributed by atoms with E-state index >= 15 is 0 Å². The Morgan fingerprint density at radius 2 is 0.957 bits per heavy atom. The van der Waals surface area contributed by atoms with Gasteiger partial charge in [-0.3, -0.25) is 0 Å². The first-order valence-electron chi connectivity index (χ1n) is 7.11. The molecule has 0 saturated carbocycles. The topological polar surface area (TPSA) is 0 Å². The lowest BCUT2D eigenvalue weighted by atomic mass is 10.3. The van der Waals surface area contributed by atoms with E-state index in [0.29, 0.717) is 0 Å². The Bertz CT molecular complexity index is 713. The highest BCUT2D eigenvalue weighted by atomic mass is 29.3. The molecule has 23 heavy (non-hydrogen) atoms. The summed E-state index contributed by atoms with van der Waals surface area (Å²) >= 11 is 0. The average Bonchev–Trinajstić information content (AvgIpc) is 2.51. The van der Waals surface area contributed by atoms with Crippen LogP contribution in [0.5, 0.6) is 0 Å². The predicted octanol–water partition coefficient (Wildman–Crippen LogP) is 3.99. The highest BCUT2D eigenvalue weighted by Crippen LogP contribution is 2.25. The summed E-state index contributed by atoms with van der Waals surface area (Å²) in [5.41, 5.74) is 0. The molecule has 0 amide bonds. The van der Waals surface area contributed by atoms with Crippen LogP contribution in [0.15, 0.2) is 30.3 Å². The van der Waals surface area contributed by atoms with Crippen LogP contribution in [0, 0.1) is 29.1 Å². The van der Waals surface area contributed by atoms with Crippen molar-refractivity contribution in [3.63, 3.8) is 0 Å². The van der Waals surface area contributed by atoms with Gasteiger partial charge < -0.3 is 0 Å². The van der Waals surface area contributed by atoms with E-state index in [2.05, 4.69) is 0 Å². The quantitative estimate of drug-likeness (QED) is 0.336. The summed E-state index contributed by atoms with van der Waals surface area (Å²) in [6, 6.07) is 9.15. The van der Waals surface area contributed by atoms with E-state index in [9.17, 15) is 22.0 Å². The summed E-state index contributed by atoms with van der Waals surface area (Å²) in [6.45, 7) is 7.16.